The molecule has 1 fully saturated rings. The molecule has 1 heterocycles. The molecule has 100 valence electrons. The fraction of sp³-hybridized carbons (Fsp3) is 0.667. The first kappa shape index (κ1) is 13.5. The third-order valence-electron chi connectivity index (χ3n) is 4.00. The lowest BCUT2D eigenvalue weighted by Gasteiger charge is -2.33. The zero-order chi connectivity index (χ0) is 12.8. The highest BCUT2D eigenvalue weighted by atomic mass is 16.5. The summed E-state index contributed by atoms with van der Waals surface area (Å²) in [5, 5.41) is 0. The normalized spacial score (nSPS) is 20.6. The Hall–Kier alpha value is -0.930. The van der Waals surface area contributed by atoms with Crippen molar-refractivity contribution in [1.82, 2.24) is 4.98 Å². The van der Waals surface area contributed by atoms with Crippen molar-refractivity contribution in [1.29, 1.82) is 0 Å². The molecular weight excluding hydrogens is 224 g/mol. The summed E-state index contributed by atoms with van der Waals surface area (Å²) in [6.07, 6.45) is 11.3. The Kier molecular flexibility index (Phi) is 5.14. The second-order valence-electron chi connectivity index (χ2n) is 5.33. The van der Waals surface area contributed by atoms with E-state index in [4.69, 9.17) is 10.5 Å². The minimum Gasteiger partial charge on any atom is -0.380 e. The van der Waals surface area contributed by atoms with Crippen LogP contribution in [0.2, 0.25) is 0 Å². The largest absolute Gasteiger partial charge is 0.380 e. The van der Waals surface area contributed by atoms with Crippen LogP contribution in [0.3, 0.4) is 0 Å². The first-order valence-corrected chi connectivity index (χ1v) is 6.98. The van der Waals surface area contributed by atoms with E-state index in [2.05, 4.69) is 11.1 Å². The summed E-state index contributed by atoms with van der Waals surface area (Å²) in [5.41, 5.74) is 7.54. The molecule has 0 saturated heterocycles. The summed E-state index contributed by atoms with van der Waals surface area (Å²) in [5.74, 6) is 0.635. The third-order valence-corrected chi connectivity index (χ3v) is 4.00. The Balaban J connectivity index is 1.94. The highest BCUT2D eigenvalue weighted by Crippen LogP contribution is 2.29. The number of rotatable bonds is 5. The molecule has 2 N–H and O–H groups in total. The molecule has 1 aliphatic rings. The molecule has 0 aromatic carbocycles. The van der Waals surface area contributed by atoms with Crippen molar-refractivity contribution in [3.05, 3.63) is 30.1 Å². The Morgan fingerprint density at radius 3 is 2.78 bits per heavy atom. The van der Waals surface area contributed by atoms with E-state index in [0.29, 0.717) is 5.92 Å². The van der Waals surface area contributed by atoms with Crippen molar-refractivity contribution in [2.24, 2.45) is 11.7 Å². The van der Waals surface area contributed by atoms with Crippen molar-refractivity contribution < 1.29 is 4.74 Å². The molecule has 1 aromatic heterocycles. The zero-order valence-electron chi connectivity index (χ0n) is 11.2. The molecule has 1 aromatic rings. The minimum absolute atomic E-state index is 0.0716. The quantitative estimate of drug-likeness (QED) is 0.871. The Bertz CT molecular complexity index is 336. The Morgan fingerprint density at radius 1 is 1.39 bits per heavy atom. The van der Waals surface area contributed by atoms with E-state index in [0.717, 1.165) is 6.42 Å². The maximum Gasteiger partial charge on any atom is 0.0753 e. The van der Waals surface area contributed by atoms with Crippen LogP contribution in [0.25, 0.3) is 0 Å². The fourth-order valence-corrected chi connectivity index (χ4v) is 3.09. The molecule has 2 unspecified atom stereocenters. The molecule has 0 aliphatic heterocycles. The molecular formula is C15H24N2O. The van der Waals surface area contributed by atoms with Crippen LogP contribution in [0.15, 0.2) is 24.5 Å². The summed E-state index contributed by atoms with van der Waals surface area (Å²) in [6, 6.07) is 4.12. The van der Waals surface area contributed by atoms with E-state index in [1.54, 1.807) is 13.3 Å². The Labute approximate surface area is 110 Å². The lowest BCUT2D eigenvalue weighted by Crippen LogP contribution is -2.43. The SMILES string of the molecule is COC(C(N)Cc1cccnc1)C1CCCCC1. The number of aromatic nitrogens is 1. The smallest absolute Gasteiger partial charge is 0.0753 e. The first-order chi connectivity index (χ1) is 8.81. The maximum absolute atomic E-state index is 6.34. The monoisotopic (exact) mass is 248 g/mol. The van der Waals surface area contributed by atoms with Gasteiger partial charge in [0.25, 0.3) is 0 Å². The number of pyridine rings is 1. The van der Waals surface area contributed by atoms with Crippen LogP contribution in [0.5, 0.6) is 0 Å². The van der Waals surface area contributed by atoms with E-state index in [-0.39, 0.29) is 12.1 Å². The Morgan fingerprint density at radius 2 is 2.17 bits per heavy atom. The number of nitrogens with zero attached hydrogens (tertiary/aromatic N) is 1. The van der Waals surface area contributed by atoms with Gasteiger partial charge in [-0.2, -0.15) is 0 Å². The number of hydrogen-bond donors (Lipinski definition) is 1. The molecule has 3 heteroatoms. The van der Waals surface area contributed by atoms with Gasteiger partial charge in [-0.15, -0.1) is 0 Å². The van der Waals surface area contributed by atoms with Crippen LogP contribution in [-0.4, -0.2) is 24.2 Å². The van der Waals surface area contributed by atoms with Crippen LogP contribution in [0, 0.1) is 5.92 Å². The van der Waals surface area contributed by atoms with E-state index in [1.165, 1.54) is 37.7 Å². The lowest BCUT2D eigenvalue weighted by molar-refractivity contribution is 0.0179. The highest BCUT2D eigenvalue weighted by molar-refractivity contribution is 5.10. The van der Waals surface area contributed by atoms with Gasteiger partial charge in [-0.3, -0.25) is 4.98 Å². The molecule has 0 amide bonds. The van der Waals surface area contributed by atoms with Gasteiger partial charge in [0.05, 0.1) is 6.10 Å². The fourth-order valence-electron chi connectivity index (χ4n) is 3.09. The van der Waals surface area contributed by atoms with Gasteiger partial charge in [0.1, 0.15) is 0 Å². The summed E-state index contributed by atoms with van der Waals surface area (Å²) in [6.45, 7) is 0. The standard InChI is InChI=1S/C15H24N2O/c1-18-15(13-7-3-2-4-8-13)14(16)10-12-6-5-9-17-11-12/h5-6,9,11,13-15H,2-4,7-8,10,16H2,1H3. The number of methoxy groups -OCH3 is 1. The van der Waals surface area contributed by atoms with Crippen LogP contribution < -0.4 is 5.73 Å². The van der Waals surface area contributed by atoms with Gasteiger partial charge >= 0.3 is 0 Å². The van der Waals surface area contributed by atoms with Crippen LogP contribution in [0.1, 0.15) is 37.7 Å². The van der Waals surface area contributed by atoms with Crippen LogP contribution in [-0.2, 0) is 11.2 Å². The zero-order valence-corrected chi connectivity index (χ0v) is 11.2. The topological polar surface area (TPSA) is 48.1 Å². The van der Waals surface area contributed by atoms with Gasteiger partial charge in [0.2, 0.25) is 0 Å². The van der Waals surface area contributed by atoms with Gasteiger partial charge in [0, 0.05) is 25.5 Å². The van der Waals surface area contributed by atoms with E-state index >= 15 is 0 Å². The number of hydrogen-bond acceptors (Lipinski definition) is 3. The highest BCUT2D eigenvalue weighted by Gasteiger charge is 2.28. The third kappa shape index (κ3) is 3.53. The average Bonchev–Trinajstić information content (AvgIpc) is 2.42. The van der Waals surface area contributed by atoms with E-state index < -0.39 is 0 Å². The molecule has 0 radical (unpaired) electrons. The van der Waals surface area contributed by atoms with Crippen molar-refractivity contribution in [3.63, 3.8) is 0 Å². The molecule has 0 spiro atoms. The van der Waals surface area contributed by atoms with Gasteiger partial charge in [-0.25, -0.2) is 0 Å². The van der Waals surface area contributed by atoms with Gasteiger partial charge in [0.15, 0.2) is 0 Å². The minimum atomic E-state index is 0.0716. The van der Waals surface area contributed by atoms with Crippen LogP contribution in [0.4, 0.5) is 0 Å². The maximum atomic E-state index is 6.34. The molecule has 1 saturated carbocycles. The number of ether oxygens (including phenoxy) is 1. The average molecular weight is 248 g/mol. The molecule has 1 aliphatic carbocycles. The second-order valence-corrected chi connectivity index (χ2v) is 5.33. The molecule has 2 atom stereocenters. The van der Waals surface area contributed by atoms with Gasteiger partial charge in [-0.1, -0.05) is 25.3 Å². The van der Waals surface area contributed by atoms with Crippen molar-refractivity contribution in [2.45, 2.75) is 50.7 Å². The predicted molar refractivity (Wildman–Crippen MR) is 73.3 cm³/mol. The van der Waals surface area contributed by atoms with Gasteiger partial charge in [-0.05, 0) is 36.8 Å². The van der Waals surface area contributed by atoms with Crippen molar-refractivity contribution in [3.8, 4) is 0 Å². The van der Waals surface area contributed by atoms with E-state index in [9.17, 15) is 0 Å². The summed E-state index contributed by atoms with van der Waals surface area (Å²) >= 11 is 0. The van der Waals surface area contributed by atoms with Crippen LogP contribution >= 0.6 is 0 Å². The summed E-state index contributed by atoms with van der Waals surface area (Å²) in [4.78, 5) is 4.14. The lowest BCUT2D eigenvalue weighted by atomic mass is 9.81. The van der Waals surface area contributed by atoms with E-state index in [1.807, 2.05) is 12.3 Å². The molecule has 18 heavy (non-hydrogen) atoms. The molecule has 2 rings (SSSR count). The second kappa shape index (κ2) is 6.86. The van der Waals surface area contributed by atoms with Crippen molar-refractivity contribution >= 4 is 0 Å². The number of nitrogens with two attached hydrogens (primary N) is 1. The van der Waals surface area contributed by atoms with Crippen molar-refractivity contribution in [2.75, 3.05) is 7.11 Å². The molecule has 0 bridgehead atoms. The summed E-state index contributed by atoms with van der Waals surface area (Å²) < 4.78 is 5.68. The van der Waals surface area contributed by atoms with Gasteiger partial charge < -0.3 is 10.5 Å². The molecule has 3 nitrogen and oxygen atoms in total. The first-order valence-electron chi connectivity index (χ1n) is 6.98. The summed E-state index contributed by atoms with van der Waals surface area (Å²) in [7, 11) is 1.79. The predicted octanol–water partition coefficient (Wildman–Crippen LogP) is 2.55.